The topological polar surface area (TPSA) is 75.3 Å². The summed E-state index contributed by atoms with van der Waals surface area (Å²) < 4.78 is 25.8. The molecule has 6 heteroatoms. The molecule has 18 heavy (non-hydrogen) atoms. The van der Waals surface area contributed by atoms with Crippen molar-refractivity contribution in [2.45, 2.75) is 11.3 Å². The lowest BCUT2D eigenvalue weighted by Crippen LogP contribution is -2.30. The van der Waals surface area contributed by atoms with Crippen LogP contribution in [0.3, 0.4) is 0 Å². The van der Waals surface area contributed by atoms with Gasteiger partial charge in [0.2, 0.25) is 15.9 Å². The third kappa shape index (κ3) is 4.57. The summed E-state index contributed by atoms with van der Waals surface area (Å²) in [6.45, 7) is 0.178. The van der Waals surface area contributed by atoms with Crippen LogP contribution in [0.1, 0.15) is 6.42 Å². The fraction of sp³-hybridized carbons (Fsp3) is 0.250. The van der Waals surface area contributed by atoms with Crippen molar-refractivity contribution in [2.24, 2.45) is 0 Å². The molecule has 0 aliphatic heterocycles. The van der Waals surface area contributed by atoms with Crippen LogP contribution in [0, 0.1) is 12.3 Å². The molecular weight excluding hydrogens is 252 g/mol. The van der Waals surface area contributed by atoms with Crippen molar-refractivity contribution in [1.29, 1.82) is 0 Å². The smallest absolute Gasteiger partial charge is 0.240 e. The van der Waals surface area contributed by atoms with E-state index in [1.807, 2.05) is 0 Å². The van der Waals surface area contributed by atoms with Gasteiger partial charge in [-0.3, -0.25) is 4.79 Å². The number of amides is 1. The van der Waals surface area contributed by atoms with Gasteiger partial charge in [-0.25, -0.2) is 13.1 Å². The van der Waals surface area contributed by atoms with Crippen LogP contribution in [0.2, 0.25) is 0 Å². The maximum Gasteiger partial charge on any atom is 0.240 e. The molecule has 1 rings (SSSR count). The number of rotatable bonds is 6. The minimum absolute atomic E-state index is 0.0353. The molecule has 1 amide bonds. The number of sulfonamides is 1. The van der Waals surface area contributed by atoms with Crippen molar-refractivity contribution in [3.8, 4) is 12.3 Å². The molecule has 0 aromatic heterocycles. The zero-order valence-electron chi connectivity index (χ0n) is 9.72. The van der Waals surface area contributed by atoms with Crippen LogP contribution in [-0.2, 0) is 14.8 Å². The van der Waals surface area contributed by atoms with Crippen LogP contribution >= 0.6 is 0 Å². The largest absolute Gasteiger partial charge is 0.345 e. The Bertz CT molecular complexity index is 532. The second kappa shape index (κ2) is 6.79. The van der Waals surface area contributed by atoms with Gasteiger partial charge in [-0.05, 0) is 12.1 Å². The summed E-state index contributed by atoms with van der Waals surface area (Å²) in [5.74, 6) is 1.97. The van der Waals surface area contributed by atoms with E-state index in [1.165, 1.54) is 12.1 Å². The van der Waals surface area contributed by atoms with Gasteiger partial charge in [-0.15, -0.1) is 6.42 Å². The molecule has 1 aromatic carbocycles. The van der Waals surface area contributed by atoms with Gasteiger partial charge < -0.3 is 5.32 Å². The fourth-order valence-corrected chi connectivity index (χ4v) is 2.27. The Kier molecular flexibility index (Phi) is 5.36. The molecule has 0 spiro atoms. The van der Waals surface area contributed by atoms with Crippen molar-refractivity contribution in [2.75, 3.05) is 13.1 Å². The van der Waals surface area contributed by atoms with E-state index in [9.17, 15) is 13.2 Å². The molecule has 0 unspecified atom stereocenters. The predicted octanol–water partition coefficient (Wildman–Crippen LogP) is 0.104. The number of hydrogen-bond acceptors (Lipinski definition) is 3. The molecule has 0 saturated carbocycles. The molecule has 0 aliphatic rings. The van der Waals surface area contributed by atoms with Gasteiger partial charge in [0.15, 0.2) is 0 Å². The highest BCUT2D eigenvalue weighted by Crippen LogP contribution is 2.06. The Labute approximate surface area is 107 Å². The average Bonchev–Trinajstić information content (AvgIpc) is 2.37. The molecule has 0 saturated heterocycles. The summed E-state index contributed by atoms with van der Waals surface area (Å²) in [7, 11) is -3.55. The van der Waals surface area contributed by atoms with Gasteiger partial charge in [-0.2, -0.15) is 0 Å². The minimum Gasteiger partial charge on any atom is -0.345 e. The summed E-state index contributed by atoms with van der Waals surface area (Å²) in [6.07, 6.45) is 5.02. The van der Waals surface area contributed by atoms with E-state index in [-0.39, 0.29) is 30.3 Å². The normalized spacial score (nSPS) is 10.6. The number of carbonyl (C=O) groups is 1. The molecule has 0 aliphatic carbocycles. The van der Waals surface area contributed by atoms with E-state index in [0.717, 1.165) is 0 Å². The monoisotopic (exact) mass is 266 g/mol. The van der Waals surface area contributed by atoms with Crippen molar-refractivity contribution in [1.82, 2.24) is 10.0 Å². The summed E-state index contributed by atoms with van der Waals surface area (Å²) in [4.78, 5) is 11.4. The predicted molar refractivity (Wildman–Crippen MR) is 68.1 cm³/mol. The van der Waals surface area contributed by atoms with Crippen LogP contribution in [0.15, 0.2) is 35.2 Å². The molecular formula is C12H14N2O3S. The van der Waals surface area contributed by atoms with Crippen molar-refractivity contribution in [3.63, 3.8) is 0 Å². The molecule has 96 valence electrons. The highest BCUT2D eigenvalue weighted by atomic mass is 32.2. The molecule has 0 atom stereocenters. The summed E-state index contributed by atoms with van der Waals surface area (Å²) in [5.41, 5.74) is 0. The SMILES string of the molecule is C#CCNC(=O)CCNS(=O)(=O)c1ccccc1. The minimum atomic E-state index is -3.55. The van der Waals surface area contributed by atoms with Gasteiger partial charge in [-0.1, -0.05) is 24.1 Å². The average molecular weight is 266 g/mol. The first kappa shape index (κ1) is 14.2. The molecule has 2 N–H and O–H groups in total. The quantitative estimate of drug-likeness (QED) is 0.717. The maximum absolute atomic E-state index is 11.8. The molecule has 0 fully saturated rings. The number of benzene rings is 1. The number of terminal acetylenes is 1. The van der Waals surface area contributed by atoms with Crippen LogP contribution in [0.4, 0.5) is 0 Å². The van der Waals surface area contributed by atoms with Crippen LogP contribution < -0.4 is 10.0 Å². The Morgan fingerprint density at radius 1 is 1.28 bits per heavy atom. The lowest BCUT2D eigenvalue weighted by molar-refractivity contribution is -0.120. The standard InChI is InChI=1S/C12H14N2O3S/c1-2-9-13-12(15)8-10-14-18(16,17)11-6-4-3-5-7-11/h1,3-7,14H,8-10H2,(H,13,15). The molecule has 5 nitrogen and oxygen atoms in total. The van der Waals surface area contributed by atoms with Crippen molar-refractivity contribution < 1.29 is 13.2 Å². The van der Waals surface area contributed by atoms with E-state index in [0.29, 0.717) is 0 Å². The van der Waals surface area contributed by atoms with E-state index in [1.54, 1.807) is 18.2 Å². The van der Waals surface area contributed by atoms with Crippen LogP contribution in [-0.4, -0.2) is 27.4 Å². The number of nitrogens with one attached hydrogen (secondary N) is 2. The Balaban J connectivity index is 2.45. The van der Waals surface area contributed by atoms with E-state index >= 15 is 0 Å². The molecule has 0 radical (unpaired) electrons. The zero-order valence-corrected chi connectivity index (χ0v) is 10.5. The lowest BCUT2D eigenvalue weighted by atomic mass is 10.4. The van der Waals surface area contributed by atoms with Gasteiger partial charge in [0.1, 0.15) is 0 Å². The first-order chi connectivity index (χ1) is 8.56. The lowest BCUT2D eigenvalue weighted by Gasteiger charge is -2.06. The van der Waals surface area contributed by atoms with Crippen LogP contribution in [0.25, 0.3) is 0 Å². The Morgan fingerprint density at radius 2 is 1.94 bits per heavy atom. The second-order valence-corrected chi connectivity index (χ2v) is 5.21. The number of carbonyl (C=O) groups excluding carboxylic acids is 1. The van der Waals surface area contributed by atoms with E-state index in [2.05, 4.69) is 16.0 Å². The van der Waals surface area contributed by atoms with Gasteiger partial charge in [0.05, 0.1) is 11.4 Å². The van der Waals surface area contributed by atoms with Gasteiger partial charge in [0.25, 0.3) is 0 Å². The third-order valence-electron chi connectivity index (χ3n) is 2.09. The van der Waals surface area contributed by atoms with E-state index < -0.39 is 10.0 Å². The van der Waals surface area contributed by atoms with Crippen molar-refractivity contribution in [3.05, 3.63) is 30.3 Å². The summed E-state index contributed by atoms with van der Waals surface area (Å²) >= 11 is 0. The Morgan fingerprint density at radius 3 is 2.56 bits per heavy atom. The highest BCUT2D eigenvalue weighted by Gasteiger charge is 2.12. The molecule has 0 bridgehead atoms. The van der Waals surface area contributed by atoms with Crippen LogP contribution in [0.5, 0.6) is 0 Å². The van der Waals surface area contributed by atoms with Crippen molar-refractivity contribution >= 4 is 15.9 Å². The highest BCUT2D eigenvalue weighted by molar-refractivity contribution is 7.89. The molecule has 0 heterocycles. The summed E-state index contributed by atoms with van der Waals surface area (Å²) in [5, 5.41) is 2.45. The first-order valence-corrected chi connectivity index (χ1v) is 6.79. The first-order valence-electron chi connectivity index (χ1n) is 5.31. The van der Waals surface area contributed by atoms with Gasteiger partial charge in [0, 0.05) is 13.0 Å². The van der Waals surface area contributed by atoms with Gasteiger partial charge >= 0.3 is 0 Å². The molecule has 1 aromatic rings. The second-order valence-electron chi connectivity index (χ2n) is 3.44. The third-order valence-corrected chi connectivity index (χ3v) is 3.56. The Hall–Kier alpha value is -1.84. The number of hydrogen-bond donors (Lipinski definition) is 2. The zero-order chi connectivity index (χ0) is 13.4. The maximum atomic E-state index is 11.8. The fourth-order valence-electron chi connectivity index (χ4n) is 1.22. The summed E-state index contributed by atoms with van der Waals surface area (Å²) in [6, 6.07) is 7.97. The van der Waals surface area contributed by atoms with E-state index in [4.69, 9.17) is 6.42 Å².